The molecule has 0 aliphatic rings. The number of halogens is 1. The maximum Gasteiger partial charge on any atom is 0.0462 e. The molecule has 0 heterocycles. The van der Waals surface area contributed by atoms with E-state index in [1.165, 1.54) is 5.56 Å². The van der Waals surface area contributed by atoms with Gasteiger partial charge >= 0.3 is 0 Å². The average Bonchev–Trinajstić information content (AvgIpc) is 2.30. The largest absolute Gasteiger partial charge is 0.385 e. The Balaban J connectivity index is 2.46. The van der Waals surface area contributed by atoms with E-state index >= 15 is 0 Å². The summed E-state index contributed by atoms with van der Waals surface area (Å²) in [6, 6.07) is 7.97. The van der Waals surface area contributed by atoms with Crippen molar-refractivity contribution < 1.29 is 4.74 Å². The first-order valence-electron chi connectivity index (χ1n) is 5.70. The van der Waals surface area contributed by atoms with Gasteiger partial charge in [0.05, 0.1) is 0 Å². The van der Waals surface area contributed by atoms with E-state index < -0.39 is 0 Å². The molecule has 0 aromatic heterocycles. The molecular weight excluding hydrogens is 222 g/mol. The predicted molar refractivity (Wildman–Crippen MR) is 68.8 cm³/mol. The Hall–Kier alpha value is -0.570. The van der Waals surface area contributed by atoms with Crippen molar-refractivity contribution in [3.05, 3.63) is 34.9 Å². The Kier molecular flexibility index (Phi) is 6.46. The van der Waals surface area contributed by atoms with E-state index in [2.05, 4.69) is 6.07 Å². The van der Waals surface area contributed by atoms with E-state index in [0.29, 0.717) is 12.5 Å². The van der Waals surface area contributed by atoms with Crippen LogP contribution in [0.5, 0.6) is 0 Å². The van der Waals surface area contributed by atoms with Crippen molar-refractivity contribution in [2.45, 2.75) is 19.3 Å². The second-order valence-electron chi connectivity index (χ2n) is 4.03. The number of nitrogens with two attached hydrogens (primary N) is 1. The molecule has 2 nitrogen and oxygen atoms in total. The van der Waals surface area contributed by atoms with Crippen LogP contribution in [0.15, 0.2) is 24.3 Å². The van der Waals surface area contributed by atoms with Crippen LogP contribution in [0.2, 0.25) is 5.02 Å². The molecule has 1 unspecified atom stereocenters. The molecule has 0 radical (unpaired) electrons. The summed E-state index contributed by atoms with van der Waals surface area (Å²) in [7, 11) is 1.73. The summed E-state index contributed by atoms with van der Waals surface area (Å²) in [5, 5.41) is 0.840. The fourth-order valence-electron chi connectivity index (χ4n) is 1.79. The van der Waals surface area contributed by atoms with Gasteiger partial charge in [-0.15, -0.1) is 0 Å². The molecule has 0 fully saturated rings. The Morgan fingerprint density at radius 1 is 1.38 bits per heavy atom. The van der Waals surface area contributed by atoms with E-state index in [9.17, 15) is 0 Å². The van der Waals surface area contributed by atoms with Crippen LogP contribution in [0.4, 0.5) is 0 Å². The predicted octanol–water partition coefficient (Wildman–Crippen LogP) is 2.88. The van der Waals surface area contributed by atoms with Gasteiger partial charge in [0.2, 0.25) is 0 Å². The highest BCUT2D eigenvalue weighted by atomic mass is 35.5. The summed E-state index contributed by atoms with van der Waals surface area (Å²) < 4.78 is 5.04. The first-order chi connectivity index (χ1) is 7.77. The summed E-state index contributed by atoms with van der Waals surface area (Å²) in [5.41, 5.74) is 6.96. The lowest BCUT2D eigenvalue weighted by atomic mass is 9.95. The van der Waals surface area contributed by atoms with Gasteiger partial charge in [0, 0.05) is 18.7 Å². The summed E-state index contributed by atoms with van der Waals surface area (Å²) in [6.07, 6.45) is 3.11. The molecule has 0 spiro atoms. The topological polar surface area (TPSA) is 35.2 Å². The zero-order chi connectivity index (χ0) is 11.8. The molecule has 1 aromatic carbocycles. The molecule has 90 valence electrons. The molecule has 16 heavy (non-hydrogen) atoms. The van der Waals surface area contributed by atoms with Gasteiger partial charge in [0.1, 0.15) is 0 Å². The molecule has 0 aliphatic carbocycles. The quantitative estimate of drug-likeness (QED) is 0.745. The maximum atomic E-state index is 6.12. The van der Waals surface area contributed by atoms with Gasteiger partial charge in [-0.2, -0.15) is 0 Å². The normalized spacial score (nSPS) is 12.7. The standard InChI is InChI=1S/C13H20ClNO/c1-16-8-4-5-11(10-15)9-12-6-2-3-7-13(12)14/h2-3,6-7,11H,4-5,8-10,15H2,1H3. The van der Waals surface area contributed by atoms with Gasteiger partial charge in [-0.3, -0.25) is 0 Å². The van der Waals surface area contributed by atoms with Crippen molar-refractivity contribution in [3.8, 4) is 0 Å². The molecule has 1 atom stereocenters. The van der Waals surface area contributed by atoms with Crippen LogP contribution < -0.4 is 5.73 Å². The Labute approximate surface area is 103 Å². The van der Waals surface area contributed by atoms with Gasteiger partial charge in [-0.05, 0) is 43.4 Å². The number of hydrogen-bond donors (Lipinski definition) is 1. The molecule has 0 aliphatic heterocycles. The van der Waals surface area contributed by atoms with Crippen LogP contribution in [0, 0.1) is 5.92 Å². The highest BCUT2D eigenvalue weighted by Crippen LogP contribution is 2.20. The molecule has 2 N–H and O–H groups in total. The third-order valence-corrected chi connectivity index (χ3v) is 3.13. The highest BCUT2D eigenvalue weighted by Gasteiger charge is 2.09. The van der Waals surface area contributed by atoms with Crippen LogP contribution >= 0.6 is 11.6 Å². The van der Waals surface area contributed by atoms with E-state index in [4.69, 9.17) is 22.1 Å². The molecule has 0 amide bonds. The number of rotatable bonds is 7. The van der Waals surface area contributed by atoms with E-state index in [1.54, 1.807) is 7.11 Å². The van der Waals surface area contributed by atoms with Crippen LogP contribution in [0.25, 0.3) is 0 Å². The third-order valence-electron chi connectivity index (χ3n) is 2.76. The summed E-state index contributed by atoms with van der Waals surface area (Å²) in [4.78, 5) is 0. The van der Waals surface area contributed by atoms with Crippen molar-refractivity contribution in [2.75, 3.05) is 20.3 Å². The molecule has 0 saturated carbocycles. The monoisotopic (exact) mass is 241 g/mol. The smallest absolute Gasteiger partial charge is 0.0462 e. The van der Waals surface area contributed by atoms with Crippen molar-refractivity contribution in [1.29, 1.82) is 0 Å². The fraction of sp³-hybridized carbons (Fsp3) is 0.538. The Bertz CT molecular complexity index is 304. The van der Waals surface area contributed by atoms with E-state index in [0.717, 1.165) is 30.9 Å². The number of hydrogen-bond acceptors (Lipinski definition) is 2. The maximum absolute atomic E-state index is 6.12. The van der Waals surface area contributed by atoms with Gasteiger partial charge < -0.3 is 10.5 Å². The van der Waals surface area contributed by atoms with Gasteiger partial charge in [0.15, 0.2) is 0 Å². The SMILES string of the molecule is COCCCC(CN)Cc1ccccc1Cl. The second-order valence-corrected chi connectivity index (χ2v) is 4.44. The average molecular weight is 242 g/mol. The van der Waals surface area contributed by atoms with Crippen LogP contribution in [-0.4, -0.2) is 20.3 Å². The number of ether oxygens (including phenoxy) is 1. The lowest BCUT2D eigenvalue weighted by Gasteiger charge is -2.15. The minimum absolute atomic E-state index is 0.495. The lowest BCUT2D eigenvalue weighted by Crippen LogP contribution is -2.17. The Morgan fingerprint density at radius 3 is 2.75 bits per heavy atom. The lowest BCUT2D eigenvalue weighted by molar-refractivity contribution is 0.187. The van der Waals surface area contributed by atoms with Crippen LogP contribution in [0.3, 0.4) is 0 Å². The minimum Gasteiger partial charge on any atom is -0.385 e. The highest BCUT2D eigenvalue weighted by molar-refractivity contribution is 6.31. The molecule has 1 aromatic rings. The van der Waals surface area contributed by atoms with Crippen LogP contribution in [-0.2, 0) is 11.2 Å². The van der Waals surface area contributed by atoms with E-state index in [-0.39, 0.29) is 0 Å². The molecular formula is C13H20ClNO. The molecule has 0 bridgehead atoms. The zero-order valence-corrected chi connectivity index (χ0v) is 10.5. The van der Waals surface area contributed by atoms with Crippen molar-refractivity contribution in [3.63, 3.8) is 0 Å². The second kappa shape index (κ2) is 7.66. The fourth-order valence-corrected chi connectivity index (χ4v) is 2.01. The number of benzene rings is 1. The first-order valence-corrected chi connectivity index (χ1v) is 6.08. The van der Waals surface area contributed by atoms with Gasteiger partial charge in [-0.25, -0.2) is 0 Å². The van der Waals surface area contributed by atoms with E-state index in [1.807, 2.05) is 18.2 Å². The summed E-state index contributed by atoms with van der Waals surface area (Å²) in [6.45, 7) is 1.51. The molecule has 3 heteroatoms. The summed E-state index contributed by atoms with van der Waals surface area (Å²) >= 11 is 6.12. The third kappa shape index (κ3) is 4.52. The summed E-state index contributed by atoms with van der Waals surface area (Å²) in [5.74, 6) is 0.495. The number of methoxy groups -OCH3 is 1. The first kappa shape index (κ1) is 13.5. The van der Waals surface area contributed by atoms with Gasteiger partial charge in [-0.1, -0.05) is 29.8 Å². The van der Waals surface area contributed by atoms with Crippen molar-refractivity contribution >= 4 is 11.6 Å². The minimum atomic E-state index is 0.495. The van der Waals surface area contributed by atoms with Crippen molar-refractivity contribution in [2.24, 2.45) is 11.7 Å². The van der Waals surface area contributed by atoms with Gasteiger partial charge in [0.25, 0.3) is 0 Å². The molecule has 1 rings (SSSR count). The zero-order valence-electron chi connectivity index (χ0n) is 9.79. The Morgan fingerprint density at radius 2 is 2.12 bits per heavy atom. The van der Waals surface area contributed by atoms with Crippen LogP contribution in [0.1, 0.15) is 18.4 Å². The molecule has 0 saturated heterocycles. The van der Waals surface area contributed by atoms with Crippen molar-refractivity contribution in [1.82, 2.24) is 0 Å².